The van der Waals surface area contributed by atoms with Crippen molar-refractivity contribution in [2.24, 2.45) is 5.41 Å². The van der Waals surface area contributed by atoms with E-state index in [9.17, 15) is 14.3 Å². The van der Waals surface area contributed by atoms with E-state index in [0.717, 1.165) is 22.0 Å². The molecule has 0 fully saturated rings. The van der Waals surface area contributed by atoms with Gasteiger partial charge in [-0.05, 0) is 42.2 Å². The monoisotopic (exact) mass is 383 g/mol. The van der Waals surface area contributed by atoms with Crippen LogP contribution >= 0.6 is 0 Å². The molecule has 1 aromatic heterocycles. The molecule has 4 N–H and O–H groups in total. The number of aromatic nitrogens is 1. The van der Waals surface area contributed by atoms with Crippen molar-refractivity contribution in [2.75, 3.05) is 19.7 Å². The Kier molecular flexibility index (Phi) is 6.31. The van der Waals surface area contributed by atoms with Crippen molar-refractivity contribution in [1.29, 1.82) is 0 Å². The summed E-state index contributed by atoms with van der Waals surface area (Å²) < 4.78 is 13.4. The Balaban J connectivity index is 1.47. The molecule has 3 aromatic rings. The summed E-state index contributed by atoms with van der Waals surface area (Å²) in [6.07, 6.45) is 3.11. The SMILES string of the molecule is C[C@@](CO)(CNC(=O)NCCc1c[nH]c2ccc(F)cc12)Cc1ccccc1. The van der Waals surface area contributed by atoms with Gasteiger partial charge in [-0.2, -0.15) is 0 Å². The summed E-state index contributed by atoms with van der Waals surface area (Å²) in [6, 6.07) is 14.2. The van der Waals surface area contributed by atoms with Crippen LogP contribution in [0.5, 0.6) is 0 Å². The van der Waals surface area contributed by atoms with Gasteiger partial charge in [-0.3, -0.25) is 0 Å². The van der Waals surface area contributed by atoms with Crippen LogP contribution in [0.2, 0.25) is 0 Å². The molecule has 0 aliphatic carbocycles. The summed E-state index contributed by atoms with van der Waals surface area (Å²) in [6.45, 7) is 2.72. The number of carbonyl (C=O) groups excluding carboxylic acids is 1. The number of aliphatic hydroxyl groups is 1. The van der Waals surface area contributed by atoms with Crippen LogP contribution in [0.1, 0.15) is 18.1 Å². The minimum Gasteiger partial charge on any atom is -0.396 e. The van der Waals surface area contributed by atoms with Gasteiger partial charge in [0.15, 0.2) is 0 Å². The fourth-order valence-corrected chi connectivity index (χ4v) is 3.29. The Labute approximate surface area is 164 Å². The number of H-pyrrole nitrogens is 1. The molecule has 0 bridgehead atoms. The van der Waals surface area contributed by atoms with Crippen LogP contribution in [0.25, 0.3) is 10.9 Å². The summed E-state index contributed by atoms with van der Waals surface area (Å²) in [4.78, 5) is 15.2. The summed E-state index contributed by atoms with van der Waals surface area (Å²) in [5.41, 5.74) is 2.51. The molecule has 0 aliphatic rings. The van der Waals surface area contributed by atoms with Gasteiger partial charge >= 0.3 is 6.03 Å². The molecule has 2 aromatic carbocycles. The lowest BCUT2D eigenvalue weighted by Crippen LogP contribution is -2.44. The van der Waals surface area contributed by atoms with E-state index in [0.29, 0.717) is 25.9 Å². The molecular formula is C22H26FN3O2. The van der Waals surface area contributed by atoms with Crippen molar-refractivity contribution >= 4 is 16.9 Å². The van der Waals surface area contributed by atoms with Gasteiger partial charge in [0.05, 0.1) is 6.61 Å². The summed E-state index contributed by atoms with van der Waals surface area (Å²) in [5.74, 6) is -0.277. The third kappa shape index (κ3) is 5.10. The van der Waals surface area contributed by atoms with Gasteiger partial charge in [0.1, 0.15) is 5.82 Å². The van der Waals surface area contributed by atoms with Crippen LogP contribution in [0, 0.1) is 11.2 Å². The number of aliphatic hydroxyl groups excluding tert-OH is 1. The highest BCUT2D eigenvalue weighted by Crippen LogP contribution is 2.21. The first-order valence-electron chi connectivity index (χ1n) is 9.41. The van der Waals surface area contributed by atoms with E-state index in [-0.39, 0.29) is 18.5 Å². The lowest BCUT2D eigenvalue weighted by Gasteiger charge is -2.27. The average Bonchev–Trinajstić information content (AvgIpc) is 3.09. The van der Waals surface area contributed by atoms with E-state index in [4.69, 9.17) is 0 Å². The van der Waals surface area contributed by atoms with Crippen LogP contribution in [0.4, 0.5) is 9.18 Å². The van der Waals surface area contributed by atoms with Crippen molar-refractivity contribution in [3.05, 3.63) is 71.7 Å². The molecule has 0 unspecified atom stereocenters. The number of amides is 2. The zero-order valence-corrected chi connectivity index (χ0v) is 16.0. The fourth-order valence-electron chi connectivity index (χ4n) is 3.29. The third-order valence-corrected chi connectivity index (χ3v) is 4.94. The van der Waals surface area contributed by atoms with Crippen LogP contribution in [-0.2, 0) is 12.8 Å². The highest BCUT2D eigenvalue weighted by Gasteiger charge is 2.24. The standard InChI is InChI=1S/C22H26FN3O2/c1-22(15-27,12-16-5-3-2-4-6-16)14-26-21(28)24-10-9-17-13-25-20-8-7-18(23)11-19(17)20/h2-8,11,13,25,27H,9-10,12,14-15H2,1H3,(H2,24,26,28)/t22-/m0/s1. The van der Waals surface area contributed by atoms with Gasteiger partial charge in [0.2, 0.25) is 0 Å². The predicted octanol–water partition coefficient (Wildman–Crippen LogP) is 3.39. The molecule has 148 valence electrons. The van der Waals surface area contributed by atoms with Gasteiger partial charge < -0.3 is 20.7 Å². The molecular weight excluding hydrogens is 357 g/mol. The molecule has 0 radical (unpaired) electrons. The number of benzene rings is 2. The molecule has 3 rings (SSSR count). The summed E-state index contributed by atoms with van der Waals surface area (Å²) in [7, 11) is 0. The number of aromatic amines is 1. The first-order valence-corrected chi connectivity index (χ1v) is 9.41. The Morgan fingerprint density at radius 1 is 1.18 bits per heavy atom. The minimum absolute atomic E-state index is 0.0247. The van der Waals surface area contributed by atoms with E-state index >= 15 is 0 Å². The van der Waals surface area contributed by atoms with Crippen molar-refractivity contribution in [3.8, 4) is 0 Å². The molecule has 1 atom stereocenters. The molecule has 0 saturated heterocycles. The van der Waals surface area contributed by atoms with Gasteiger partial charge in [0.25, 0.3) is 0 Å². The second-order valence-corrected chi connectivity index (χ2v) is 7.49. The highest BCUT2D eigenvalue weighted by atomic mass is 19.1. The molecule has 0 aliphatic heterocycles. The number of hydrogen-bond acceptors (Lipinski definition) is 2. The number of fused-ring (bicyclic) bond motifs is 1. The number of carbonyl (C=O) groups is 1. The second kappa shape index (κ2) is 8.89. The lowest BCUT2D eigenvalue weighted by molar-refractivity contribution is 0.140. The molecule has 0 spiro atoms. The first-order chi connectivity index (χ1) is 13.5. The summed E-state index contributed by atoms with van der Waals surface area (Å²) in [5, 5.41) is 16.3. The largest absolute Gasteiger partial charge is 0.396 e. The smallest absolute Gasteiger partial charge is 0.314 e. The maximum Gasteiger partial charge on any atom is 0.314 e. The highest BCUT2D eigenvalue weighted by molar-refractivity contribution is 5.83. The summed E-state index contributed by atoms with van der Waals surface area (Å²) >= 11 is 0. The van der Waals surface area contributed by atoms with Gasteiger partial charge in [-0.25, -0.2) is 9.18 Å². The Morgan fingerprint density at radius 2 is 1.96 bits per heavy atom. The van der Waals surface area contributed by atoms with E-state index in [1.165, 1.54) is 12.1 Å². The quantitative estimate of drug-likeness (QED) is 0.481. The van der Waals surface area contributed by atoms with Crippen LogP contribution < -0.4 is 10.6 Å². The molecule has 28 heavy (non-hydrogen) atoms. The van der Waals surface area contributed by atoms with E-state index in [1.807, 2.05) is 43.5 Å². The van der Waals surface area contributed by atoms with Crippen LogP contribution in [0.15, 0.2) is 54.7 Å². The minimum atomic E-state index is -0.437. The first kappa shape index (κ1) is 19.9. The Morgan fingerprint density at radius 3 is 2.71 bits per heavy atom. The van der Waals surface area contributed by atoms with Crippen LogP contribution in [-0.4, -0.2) is 35.8 Å². The normalized spacial score (nSPS) is 13.2. The average molecular weight is 383 g/mol. The number of hydrogen-bond donors (Lipinski definition) is 4. The molecule has 2 amide bonds. The lowest BCUT2D eigenvalue weighted by atomic mass is 9.84. The van der Waals surface area contributed by atoms with Crippen molar-refractivity contribution in [2.45, 2.75) is 19.8 Å². The zero-order chi connectivity index (χ0) is 20.0. The second-order valence-electron chi connectivity index (χ2n) is 7.49. The van der Waals surface area contributed by atoms with Crippen molar-refractivity contribution < 1.29 is 14.3 Å². The Bertz CT molecular complexity index is 926. The molecule has 0 saturated carbocycles. The van der Waals surface area contributed by atoms with Gasteiger partial charge in [-0.1, -0.05) is 37.3 Å². The molecule has 6 heteroatoms. The van der Waals surface area contributed by atoms with Gasteiger partial charge in [-0.15, -0.1) is 0 Å². The van der Waals surface area contributed by atoms with Crippen LogP contribution in [0.3, 0.4) is 0 Å². The van der Waals surface area contributed by atoms with Crippen molar-refractivity contribution in [3.63, 3.8) is 0 Å². The number of halogens is 1. The molecule has 5 nitrogen and oxygen atoms in total. The maximum absolute atomic E-state index is 13.4. The van der Waals surface area contributed by atoms with E-state index < -0.39 is 5.41 Å². The predicted molar refractivity (Wildman–Crippen MR) is 109 cm³/mol. The molecule has 1 heterocycles. The van der Waals surface area contributed by atoms with Crippen molar-refractivity contribution in [1.82, 2.24) is 15.6 Å². The third-order valence-electron chi connectivity index (χ3n) is 4.94. The number of nitrogens with one attached hydrogen (secondary N) is 3. The maximum atomic E-state index is 13.4. The van der Waals surface area contributed by atoms with E-state index in [2.05, 4.69) is 15.6 Å². The number of urea groups is 1. The van der Waals surface area contributed by atoms with Gasteiger partial charge in [0, 0.05) is 35.6 Å². The Hall–Kier alpha value is -2.86. The number of rotatable bonds is 8. The topological polar surface area (TPSA) is 77.2 Å². The van der Waals surface area contributed by atoms with E-state index in [1.54, 1.807) is 6.07 Å². The fraction of sp³-hybridized carbons (Fsp3) is 0.318. The zero-order valence-electron chi connectivity index (χ0n) is 16.0.